The summed E-state index contributed by atoms with van der Waals surface area (Å²) in [4.78, 5) is 24.7. The van der Waals surface area contributed by atoms with E-state index in [0.29, 0.717) is 16.8 Å². The Hall–Kier alpha value is -2.89. The van der Waals surface area contributed by atoms with Gasteiger partial charge in [0, 0.05) is 31.4 Å². The lowest BCUT2D eigenvalue weighted by atomic mass is 10.1. The Balaban J connectivity index is 2.28. The van der Waals surface area contributed by atoms with Crippen molar-refractivity contribution in [1.82, 2.24) is 0 Å². The molecule has 6 nitrogen and oxygen atoms in total. The molecule has 22 heavy (non-hydrogen) atoms. The largest absolute Gasteiger partial charge is 0.378 e. The molecule has 0 saturated heterocycles. The first-order chi connectivity index (χ1) is 10.4. The quantitative estimate of drug-likeness (QED) is 0.694. The van der Waals surface area contributed by atoms with Crippen molar-refractivity contribution in [2.75, 3.05) is 24.3 Å². The number of benzene rings is 2. The number of nitrogens with zero attached hydrogens (tertiary/aromatic N) is 2. The summed E-state index contributed by atoms with van der Waals surface area (Å²) >= 11 is 0. The first-order valence-electron chi connectivity index (χ1n) is 6.73. The van der Waals surface area contributed by atoms with E-state index in [1.54, 1.807) is 37.3 Å². The molecule has 0 saturated carbocycles. The van der Waals surface area contributed by atoms with Crippen molar-refractivity contribution in [3.05, 3.63) is 63.7 Å². The number of nitro benzene ring substituents is 1. The molecule has 0 aliphatic rings. The fourth-order valence-electron chi connectivity index (χ4n) is 2.08. The van der Waals surface area contributed by atoms with Gasteiger partial charge in [-0.2, -0.15) is 0 Å². The minimum atomic E-state index is -0.461. The van der Waals surface area contributed by atoms with Gasteiger partial charge in [-0.05, 0) is 31.2 Å². The maximum Gasteiger partial charge on any atom is 0.274 e. The lowest BCUT2D eigenvalue weighted by Crippen LogP contribution is -2.15. The lowest BCUT2D eigenvalue weighted by Gasteiger charge is -2.14. The number of amides is 1. The molecule has 0 unspecified atom stereocenters. The molecule has 0 bridgehead atoms. The summed E-state index contributed by atoms with van der Waals surface area (Å²) in [6, 6.07) is 11.8. The smallest absolute Gasteiger partial charge is 0.274 e. The van der Waals surface area contributed by atoms with E-state index in [1.807, 2.05) is 25.1 Å². The molecule has 0 radical (unpaired) electrons. The molecule has 0 heterocycles. The van der Waals surface area contributed by atoms with Crippen LogP contribution in [0.4, 0.5) is 17.1 Å². The van der Waals surface area contributed by atoms with Crippen molar-refractivity contribution in [2.45, 2.75) is 6.92 Å². The Bertz CT molecular complexity index is 726. The topological polar surface area (TPSA) is 75.5 Å². The second kappa shape index (κ2) is 6.26. The number of anilines is 2. The number of carbonyl (C=O) groups is 1. The van der Waals surface area contributed by atoms with E-state index >= 15 is 0 Å². The predicted octanol–water partition coefficient (Wildman–Crippen LogP) is 3.22. The highest BCUT2D eigenvalue weighted by atomic mass is 16.6. The van der Waals surface area contributed by atoms with E-state index in [2.05, 4.69) is 5.32 Å². The van der Waals surface area contributed by atoms with Gasteiger partial charge in [-0.3, -0.25) is 14.9 Å². The van der Waals surface area contributed by atoms with E-state index in [9.17, 15) is 14.9 Å². The number of rotatable bonds is 4. The van der Waals surface area contributed by atoms with Crippen molar-refractivity contribution in [2.24, 2.45) is 0 Å². The molecule has 6 heteroatoms. The molecule has 1 N–H and O–H groups in total. The normalized spacial score (nSPS) is 10.1. The highest BCUT2D eigenvalue weighted by Gasteiger charge is 2.15. The third-order valence-electron chi connectivity index (χ3n) is 3.37. The third kappa shape index (κ3) is 3.22. The molecule has 2 aromatic rings. The van der Waals surface area contributed by atoms with Crippen molar-refractivity contribution in [3.8, 4) is 0 Å². The van der Waals surface area contributed by atoms with Crippen LogP contribution in [0.2, 0.25) is 0 Å². The average Bonchev–Trinajstić information content (AvgIpc) is 2.49. The lowest BCUT2D eigenvalue weighted by molar-refractivity contribution is -0.385. The van der Waals surface area contributed by atoms with Gasteiger partial charge in [-0.1, -0.05) is 12.1 Å². The van der Waals surface area contributed by atoms with Gasteiger partial charge in [-0.15, -0.1) is 0 Å². The molecule has 2 aromatic carbocycles. The third-order valence-corrected chi connectivity index (χ3v) is 3.37. The van der Waals surface area contributed by atoms with Crippen LogP contribution in [0.1, 0.15) is 15.9 Å². The molecular weight excluding hydrogens is 282 g/mol. The van der Waals surface area contributed by atoms with Crippen molar-refractivity contribution in [1.29, 1.82) is 0 Å². The van der Waals surface area contributed by atoms with Crippen molar-refractivity contribution in [3.63, 3.8) is 0 Å². The van der Waals surface area contributed by atoms with Crippen LogP contribution in [0, 0.1) is 17.0 Å². The first-order valence-corrected chi connectivity index (χ1v) is 6.73. The number of hydrogen-bond acceptors (Lipinski definition) is 4. The van der Waals surface area contributed by atoms with Crippen molar-refractivity contribution < 1.29 is 9.72 Å². The van der Waals surface area contributed by atoms with E-state index in [4.69, 9.17) is 0 Å². The predicted molar refractivity (Wildman–Crippen MR) is 86.6 cm³/mol. The number of nitro groups is 1. The Morgan fingerprint density at radius 2 is 1.86 bits per heavy atom. The van der Waals surface area contributed by atoms with E-state index < -0.39 is 4.92 Å². The first kappa shape index (κ1) is 15.5. The van der Waals surface area contributed by atoms with Crippen molar-refractivity contribution >= 4 is 23.0 Å². The highest BCUT2D eigenvalue weighted by molar-refractivity contribution is 6.05. The Labute approximate surface area is 128 Å². The summed E-state index contributed by atoms with van der Waals surface area (Å²) < 4.78 is 0. The zero-order valence-corrected chi connectivity index (χ0v) is 12.7. The van der Waals surface area contributed by atoms with Crippen LogP contribution in [0.15, 0.2) is 42.5 Å². The summed E-state index contributed by atoms with van der Waals surface area (Å²) in [5, 5.41) is 13.7. The maximum atomic E-state index is 12.3. The van der Waals surface area contributed by atoms with Crippen LogP contribution in [0.3, 0.4) is 0 Å². The summed E-state index contributed by atoms with van der Waals surface area (Å²) in [5.41, 5.74) is 2.26. The molecule has 114 valence electrons. The minimum Gasteiger partial charge on any atom is -0.378 e. The number of hydrogen-bond donors (Lipinski definition) is 1. The fraction of sp³-hybridized carbons (Fsp3) is 0.188. The molecule has 0 atom stereocenters. The van der Waals surface area contributed by atoms with Crippen LogP contribution >= 0.6 is 0 Å². The Morgan fingerprint density at radius 3 is 2.50 bits per heavy atom. The van der Waals surface area contributed by atoms with Gasteiger partial charge in [0.15, 0.2) is 0 Å². The SMILES string of the molecule is Cc1c(NC(=O)c2cccc(N(C)C)c2)cccc1[N+](=O)[O-]. The van der Waals surface area contributed by atoms with E-state index in [1.165, 1.54) is 6.07 Å². The molecule has 0 aromatic heterocycles. The van der Waals surface area contributed by atoms with Gasteiger partial charge in [0.25, 0.3) is 11.6 Å². The van der Waals surface area contributed by atoms with Crippen LogP contribution < -0.4 is 10.2 Å². The minimum absolute atomic E-state index is 0.0140. The highest BCUT2D eigenvalue weighted by Crippen LogP contribution is 2.25. The van der Waals surface area contributed by atoms with E-state index in [0.717, 1.165) is 5.69 Å². The van der Waals surface area contributed by atoms with Gasteiger partial charge < -0.3 is 10.2 Å². The second-order valence-electron chi connectivity index (χ2n) is 5.11. The molecule has 0 aliphatic carbocycles. The molecular formula is C16H17N3O3. The maximum absolute atomic E-state index is 12.3. The van der Waals surface area contributed by atoms with Gasteiger partial charge in [0.1, 0.15) is 0 Å². The van der Waals surface area contributed by atoms with E-state index in [-0.39, 0.29) is 11.6 Å². The summed E-state index contributed by atoms with van der Waals surface area (Å²) in [6.07, 6.45) is 0. The Morgan fingerprint density at radius 1 is 1.18 bits per heavy atom. The van der Waals surface area contributed by atoms with Gasteiger partial charge in [0.05, 0.1) is 16.2 Å². The summed E-state index contributed by atoms with van der Waals surface area (Å²) in [7, 11) is 3.78. The standard InChI is InChI=1S/C16H17N3O3/c1-11-14(8-5-9-15(11)19(21)22)17-16(20)12-6-4-7-13(10-12)18(2)3/h4-10H,1-3H3,(H,17,20). The average molecular weight is 299 g/mol. The zero-order chi connectivity index (χ0) is 16.3. The summed E-state index contributed by atoms with van der Waals surface area (Å²) in [5.74, 6) is -0.299. The van der Waals surface area contributed by atoms with Crippen LogP contribution in [0.5, 0.6) is 0 Å². The number of carbonyl (C=O) groups excluding carboxylic acids is 1. The molecule has 0 fully saturated rings. The molecule has 0 aliphatic heterocycles. The van der Waals surface area contributed by atoms with Gasteiger partial charge in [0.2, 0.25) is 0 Å². The Kier molecular flexibility index (Phi) is 4.41. The second-order valence-corrected chi connectivity index (χ2v) is 5.11. The molecule has 2 rings (SSSR count). The van der Waals surface area contributed by atoms with Crippen LogP contribution in [0.25, 0.3) is 0 Å². The zero-order valence-electron chi connectivity index (χ0n) is 12.7. The monoisotopic (exact) mass is 299 g/mol. The van der Waals surface area contributed by atoms with Crippen LogP contribution in [-0.2, 0) is 0 Å². The number of nitrogens with one attached hydrogen (secondary N) is 1. The molecule has 1 amide bonds. The molecule has 0 spiro atoms. The summed E-state index contributed by atoms with van der Waals surface area (Å²) in [6.45, 7) is 1.62. The van der Waals surface area contributed by atoms with Gasteiger partial charge in [-0.25, -0.2) is 0 Å². The van der Waals surface area contributed by atoms with Gasteiger partial charge >= 0.3 is 0 Å². The van der Waals surface area contributed by atoms with Crippen LogP contribution in [-0.4, -0.2) is 24.9 Å². The fourth-order valence-corrected chi connectivity index (χ4v) is 2.08.